The van der Waals surface area contributed by atoms with Crippen LogP contribution in [0.2, 0.25) is 0 Å². The highest BCUT2D eigenvalue weighted by Gasteiger charge is 2.20. The van der Waals surface area contributed by atoms with E-state index in [0.717, 1.165) is 16.7 Å². The number of rotatable bonds is 7. The summed E-state index contributed by atoms with van der Waals surface area (Å²) in [6.07, 6.45) is 0. The fourth-order valence-electron chi connectivity index (χ4n) is 3.49. The Bertz CT molecular complexity index is 1290. The van der Waals surface area contributed by atoms with Crippen LogP contribution in [0.5, 0.6) is 0 Å². The minimum Gasteiger partial charge on any atom is -0.454 e. The molecule has 0 bridgehead atoms. The van der Waals surface area contributed by atoms with Crippen LogP contribution in [0.3, 0.4) is 0 Å². The number of carbonyl (C=O) groups excluding carboxylic acids is 3. The second-order valence-electron chi connectivity index (χ2n) is 7.68. The Kier molecular flexibility index (Phi) is 6.56. The first-order valence-electron chi connectivity index (χ1n) is 10.6. The summed E-state index contributed by atoms with van der Waals surface area (Å²) in [4.78, 5) is 38.2. The second-order valence-corrected chi connectivity index (χ2v) is 7.68. The van der Waals surface area contributed by atoms with E-state index in [1.54, 1.807) is 42.5 Å². The van der Waals surface area contributed by atoms with Crippen molar-refractivity contribution in [2.75, 3.05) is 6.61 Å². The zero-order chi connectivity index (χ0) is 23.2. The zero-order valence-electron chi connectivity index (χ0n) is 18.2. The summed E-state index contributed by atoms with van der Waals surface area (Å²) in [7, 11) is 0. The molecule has 0 fully saturated rings. The first-order valence-corrected chi connectivity index (χ1v) is 10.6. The summed E-state index contributed by atoms with van der Waals surface area (Å²) in [6.45, 7) is 1.54. The fourth-order valence-corrected chi connectivity index (χ4v) is 3.49. The van der Waals surface area contributed by atoms with Gasteiger partial charge in [-0.25, -0.2) is 4.79 Å². The van der Waals surface area contributed by atoms with Gasteiger partial charge >= 0.3 is 5.97 Å². The maximum absolute atomic E-state index is 13.1. The molecule has 0 radical (unpaired) electrons. The lowest BCUT2D eigenvalue weighted by Crippen LogP contribution is -2.17. The molecule has 4 heteroatoms. The van der Waals surface area contributed by atoms with Crippen LogP contribution in [0.1, 0.15) is 42.2 Å². The smallest absolute Gasteiger partial charge is 0.339 e. The monoisotopic (exact) mass is 434 g/mol. The summed E-state index contributed by atoms with van der Waals surface area (Å²) in [6, 6.07) is 30.6. The zero-order valence-corrected chi connectivity index (χ0v) is 18.2. The third kappa shape index (κ3) is 5.13. The van der Waals surface area contributed by atoms with Crippen LogP contribution in [0.15, 0.2) is 103 Å². The van der Waals surface area contributed by atoms with E-state index in [2.05, 4.69) is 0 Å². The van der Waals surface area contributed by atoms with Gasteiger partial charge in [0.25, 0.3) is 0 Å². The van der Waals surface area contributed by atoms with Gasteiger partial charge in [-0.3, -0.25) is 9.59 Å². The van der Waals surface area contributed by atoms with Crippen LogP contribution in [0, 0.1) is 6.92 Å². The van der Waals surface area contributed by atoms with Crippen molar-refractivity contribution in [1.29, 1.82) is 0 Å². The lowest BCUT2D eigenvalue weighted by molar-refractivity contribution is 0.0473. The molecule has 0 atom stereocenters. The maximum Gasteiger partial charge on any atom is 0.339 e. The molecule has 0 heterocycles. The van der Waals surface area contributed by atoms with Crippen LogP contribution in [0.25, 0.3) is 11.1 Å². The number of esters is 1. The summed E-state index contributed by atoms with van der Waals surface area (Å²) in [5.41, 5.74) is 4.38. The normalized spacial score (nSPS) is 10.5. The molecule has 4 aromatic rings. The van der Waals surface area contributed by atoms with Crippen molar-refractivity contribution in [3.8, 4) is 11.1 Å². The number of hydrogen-bond acceptors (Lipinski definition) is 4. The van der Waals surface area contributed by atoms with Gasteiger partial charge in [0.1, 0.15) is 0 Å². The highest BCUT2D eigenvalue weighted by Crippen LogP contribution is 2.22. The van der Waals surface area contributed by atoms with Crippen LogP contribution < -0.4 is 0 Å². The lowest BCUT2D eigenvalue weighted by atomic mass is 9.96. The molecule has 0 spiro atoms. The quantitative estimate of drug-likeness (QED) is 0.267. The van der Waals surface area contributed by atoms with Crippen molar-refractivity contribution in [3.05, 3.63) is 131 Å². The molecule has 0 aromatic heterocycles. The van der Waals surface area contributed by atoms with Crippen molar-refractivity contribution in [2.24, 2.45) is 0 Å². The van der Waals surface area contributed by atoms with Gasteiger partial charge in [-0.15, -0.1) is 0 Å². The van der Waals surface area contributed by atoms with Gasteiger partial charge in [-0.05, 0) is 24.1 Å². The second kappa shape index (κ2) is 9.88. The van der Waals surface area contributed by atoms with E-state index in [0.29, 0.717) is 11.1 Å². The molecule has 0 saturated heterocycles. The Morgan fingerprint density at radius 3 is 1.82 bits per heavy atom. The van der Waals surface area contributed by atoms with Crippen LogP contribution in [-0.4, -0.2) is 24.1 Å². The number of benzene rings is 4. The molecule has 33 heavy (non-hydrogen) atoms. The van der Waals surface area contributed by atoms with Crippen molar-refractivity contribution in [1.82, 2.24) is 0 Å². The fraction of sp³-hybridized carbons (Fsp3) is 0.0690. The summed E-state index contributed by atoms with van der Waals surface area (Å²) >= 11 is 0. The number of ether oxygens (including phenoxy) is 1. The van der Waals surface area contributed by atoms with E-state index in [9.17, 15) is 14.4 Å². The SMILES string of the molecule is Cc1ccc(C(=O)COC(=O)c2ccccc2C(=O)c2ccc(-c3ccccc3)cc2)cc1. The van der Waals surface area contributed by atoms with Crippen LogP contribution in [-0.2, 0) is 4.74 Å². The van der Waals surface area contributed by atoms with Gasteiger partial charge in [0.15, 0.2) is 18.2 Å². The van der Waals surface area contributed by atoms with Gasteiger partial charge in [0, 0.05) is 16.7 Å². The van der Waals surface area contributed by atoms with E-state index >= 15 is 0 Å². The first-order chi connectivity index (χ1) is 16.0. The highest BCUT2D eigenvalue weighted by atomic mass is 16.5. The number of hydrogen-bond donors (Lipinski definition) is 0. The Morgan fingerprint density at radius 1 is 0.606 bits per heavy atom. The molecule has 4 rings (SSSR count). The van der Waals surface area contributed by atoms with E-state index in [-0.39, 0.29) is 22.7 Å². The molecule has 4 nitrogen and oxygen atoms in total. The summed E-state index contributed by atoms with van der Waals surface area (Å²) < 4.78 is 5.24. The molecular weight excluding hydrogens is 412 g/mol. The summed E-state index contributed by atoms with van der Waals surface area (Å²) in [5, 5.41) is 0. The standard InChI is InChI=1S/C29H22O4/c1-20-11-13-23(14-12-20)27(30)19-33-29(32)26-10-6-5-9-25(26)28(31)24-17-15-22(16-18-24)21-7-3-2-4-8-21/h2-18H,19H2,1H3. The summed E-state index contributed by atoms with van der Waals surface area (Å²) in [5.74, 6) is -1.30. The average Bonchev–Trinajstić information content (AvgIpc) is 2.87. The van der Waals surface area contributed by atoms with Crippen molar-refractivity contribution >= 4 is 17.5 Å². The lowest BCUT2D eigenvalue weighted by Gasteiger charge is -2.10. The number of aryl methyl sites for hydroxylation is 1. The van der Waals surface area contributed by atoms with Crippen LogP contribution >= 0.6 is 0 Å². The van der Waals surface area contributed by atoms with Crippen molar-refractivity contribution in [3.63, 3.8) is 0 Å². The van der Waals surface area contributed by atoms with E-state index < -0.39 is 12.6 Å². The number of Topliss-reactive ketones (excluding diaryl/α,β-unsaturated/α-hetero) is 1. The van der Waals surface area contributed by atoms with Gasteiger partial charge < -0.3 is 4.74 Å². The molecule has 0 amide bonds. The van der Waals surface area contributed by atoms with Gasteiger partial charge in [-0.2, -0.15) is 0 Å². The van der Waals surface area contributed by atoms with Crippen molar-refractivity contribution in [2.45, 2.75) is 6.92 Å². The van der Waals surface area contributed by atoms with Gasteiger partial charge in [0.05, 0.1) is 5.56 Å². The molecule has 162 valence electrons. The number of ketones is 2. The van der Waals surface area contributed by atoms with Gasteiger partial charge in [0.2, 0.25) is 0 Å². The van der Waals surface area contributed by atoms with E-state index in [1.807, 2.05) is 61.5 Å². The molecule has 0 N–H and O–H groups in total. The van der Waals surface area contributed by atoms with Crippen LogP contribution in [0.4, 0.5) is 0 Å². The number of carbonyl (C=O) groups is 3. The average molecular weight is 434 g/mol. The largest absolute Gasteiger partial charge is 0.454 e. The third-order valence-electron chi connectivity index (χ3n) is 5.35. The Balaban J connectivity index is 1.49. The van der Waals surface area contributed by atoms with E-state index in [1.165, 1.54) is 6.07 Å². The first kappa shape index (κ1) is 21.9. The minimum atomic E-state index is -0.708. The highest BCUT2D eigenvalue weighted by molar-refractivity contribution is 6.14. The molecule has 0 aliphatic rings. The maximum atomic E-state index is 13.1. The molecular formula is C29H22O4. The van der Waals surface area contributed by atoms with Crippen molar-refractivity contribution < 1.29 is 19.1 Å². The Hall–Kier alpha value is -4.31. The van der Waals surface area contributed by atoms with E-state index in [4.69, 9.17) is 4.74 Å². The third-order valence-corrected chi connectivity index (χ3v) is 5.35. The predicted molar refractivity (Wildman–Crippen MR) is 128 cm³/mol. The molecule has 0 aliphatic carbocycles. The Labute approximate surface area is 192 Å². The van der Waals surface area contributed by atoms with Gasteiger partial charge in [-0.1, -0.05) is 103 Å². The topological polar surface area (TPSA) is 60.4 Å². The molecule has 0 aliphatic heterocycles. The molecule has 4 aromatic carbocycles. The predicted octanol–water partition coefficient (Wildman–Crippen LogP) is 5.93. The molecule has 0 saturated carbocycles. The Morgan fingerprint density at radius 2 is 1.15 bits per heavy atom. The minimum absolute atomic E-state index is 0.131. The molecule has 0 unspecified atom stereocenters.